The molecule has 1 aromatic carbocycles. The third kappa shape index (κ3) is 6.66. The Morgan fingerprint density at radius 3 is 2.39 bits per heavy atom. The van der Waals surface area contributed by atoms with Gasteiger partial charge >= 0.3 is 11.9 Å². The van der Waals surface area contributed by atoms with E-state index in [-0.39, 0.29) is 35.6 Å². The fourth-order valence-electron chi connectivity index (χ4n) is 3.20. The lowest BCUT2D eigenvalue weighted by atomic mass is 10.0. The highest BCUT2D eigenvalue weighted by Crippen LogP contribution is 2.32. The Hall–Kier alpha value is -3.32. The molecule has 3 aromatic rings. The van der Waals surface area contributed by atoms with E-state index in [1.165, 1.54) is 17.8 Å². The summed E-state index contributed by atoms with van der Waals surface area (Å²) in [6.07, 6.45) is 1.09. The number of esters is 2. The monoisotopic (exact) mass is 543 g/mol. The molecule has 36 heavy (non-hydrogen) atoms. The highest BCUT2D eigenvalue weighted by molar-refractivity contribution is 7.99. The predicted octanol–water partition coefficient (Wildman–Crippen LogP) is 6.53. The Bertz CT molecular complexity index is 1350. The molecule has 0 fully saturated rings. The molecule has 0 amide bonds. The van der Waals surface area contributed by atoms with E-state index in [0.29, 0.717) is 26.3 Å². The number of Topliss-reactive ketones (excluding diaryl/α,β-unsaturated/α-hetero) is 1. The van der Waals surface area contributed by atoms with Gasteiger partial charge in [0, 0.05) is 27.3 Å². The first kappa shape index (κ1) is 27.3. The highest BCUT2D eigenvalue weighted by Gasteiger charge is 2.28. The quantitative estimate of drug-likeness (QED) is 0.161. The summed E-state index contributed by atoms with van der Waals surface area (Å²) in [6, 6.07) is 12.5. The summed E-state index contributed by atoms with van der Waals surface area (Å²) in [5.41, 5.74) is 0.387. The maximum absolute atomic E-state index is 13.0. The van der Waals surface area contributed by atoms with Crippen LogP contribution in [0, 0.1) is 18.3 Å². The maximum Gasteiger partial charge on any atom is 0.348 e. The summed E-state index contributed by atoms with van der Waals surface area (Å²) in [6.45, 7) is 5.24. The lowest BCUT2D eigenvalue weighted by molar-refractivity contribution is -0.114. The number of hydrogen-bond acceptors (Lipinski definition) is 9. The van der Waals surface area contributed by atoms with Gasteiger partial charge in [0.2, 0.25) is 0 Å². The molecule has 0 saturated carbocycles. The average molecular weight is 544 g/mol. The smallest absolute Gasteiger partial charge is 0.348 e. The van der Waals surface area contributed by atoms with Gasteiger partial charge in [0.25, 0.3) is 0 Å². The molecule has 186 valence electrons. The van der Waals surface area contributed by atoms with Crippen LogP contribution in [0.15, 0.2) is 56.4 Å². The fourth-order valence-corrected chi connectivity index (χ4v) is 5.29. The first-order valence-corrected chi connectivity index (χ1v) is 12.9. The van der Waals surface area contributed by atoms with Crippen molar-refractivity contribution in [1.29, 1.82) is 5.26 Å². The third-order valence-corrected chi connectivity index (χ3v) is 7.28. The van der Waals surface area contributed by atoms with Crippen LogP contribution in [0.3, 0.4) is 0 Å². The number of hydrogen-bond donors (Lipinski definition) is 0. The molecule has 3 rings (SSSR count). The van der Waals surface area contributed by atoms with Gasteiger partial charge in [-0.3, -0.25) is 4.79 Å². The molecule has 0 spiro atoms. The number of nitriles is 1. The van der Waals surface area contributed by atoms with Crippen LogP contribution >= 0.6 is 34.7 Å². The second kappa shape index (κ2) is 12.6. The average Bonchev–Trinajstić information content (AvgIpc) is 3.42. The summed E-state index contributed by atoms with van der Waals surface area (Å²) in [7, 11) is 0. The SMILES string of the molecule is CCOC(=O)c1sc(CC(=O)/C(C#N)=C/c2ccc(Sc3ccc(Cl)cc3)o2)c(C(=O)OCC)c1C. The third-order valence-electron chi connectivity index (χ3n) is 4.82. The van der Waals surface area contributed by atoms with E-state index in [9.17, 15) is 19.6 Å². The largest absolute Gasteiger partial charge is 0.462 e. The van der Waals surface area contributed by atoms with Gasteiger partial charge in [-0.15, -0.1) is 11.3 Å². The van der Waals surface area contributed by atoms with Gasteiger partial charge in [0.1, 0.15) is 16.7 Å². The number of carbonyl (C=O) groups is 3. The van der Waals surface area contributed by atoms with Crippen molar-refractivity contribution in [2.24, 2.45) is 0 Å². The van der Waals surface area contributed by atoms with Gasteiger partial charge in [-0.25, -0.2) is 9.59 Å². The molecular weight excluding hydrogens is 522 g/mol. The number of allylic oxidation sites excluding steroid dienone is 1. The van der Waals surface area contributed by atoms with E-state index >= 15 is 0 Å². The van der Waals surface area contributed by atoms with Gasteiger partial charge in [-0.05, 0) is 62.7 Å². The van der Waals surface area contributed by atoms with E-state index in [0.717, 1.165) is 16.2 Å². The number of thiophene rings is 1. The van der Waals surface area contributed by atoms with Crippen LogP contribution in [-0.2, 0) is 20.7 Å². The molecular formula is C26H22ClNO6S2. The standard InChI is InChI=1S/C26H22ClNO6S2/c1-4-32-25(30)23-15(3)24(26(31)33-5-2)36-21(23)13-20(29)16(14-28)12-18-8-11-22(34-18)35-19-9-6-17(27)7-10-19/h6-12H,4-5,13H2,1-3H3/b16-12+. The van der Waals surface area contributed by atoms with Crippen LogP contribution in [-0.4, -0.2) is 30.9 Å². The van der Waals surface area contributed by atoms with Crippen molar-refractivity contribution in [2.75, 3.05) is 13.2 Å². The van der Waals surface area contributed by atoms with Crippen LogP contribution in [0.25, 0.3) is 6.08 Å². The van der Waals surface area contributed by atoms with Crippen LogP contribution in [0.2, 0.25) is 5.02 Å². The number of furan rings is 1. The van der Waals surface area contributed by atoms with Crippen molar-refractivity contribution >= 4 is 58.5 Å². The lowest BCUT2D eigenvalue weighted by Gasteiger charge is -2.05. The summed E-state index contributed by atoms with van der Waals surface area (Å²) >= 11 is 8.27. The zero-order chi connectivity index (χ0) is 26.2. The Balaban J connectivity index is 1.84. The van der Waals surface area contributed by atoms with Crippen molar-refractivity contribution in [2.45, 2.75) is 37.2 Å². The second-order valence-electron chi connectivity index (χ2n) is 7.28. The molecule has 0 aliphatic rings. The first-order chi connectivity index (χ1) is 17.3. The molecule has 0 bridgehead atoms. The molecule has 2 heterocycles. The van der Waals surface area contributed by atoms with Crippen molar-refractivity contribution in [1.82, 2.24) is 0 Å². The highest BCUT2D eigenvalue weighted by atomic mass is 35.5. The minimum atomic E-state index is -0.637. The molecule has 0 radical (unpaired) electrons. The normalized spacial score (nSPS) is 11.1. The van der Waals surface area contributed by atoms with Crippen molar-refractivity contribution < 1.29 is 28.3 Å². The number of benzene rings is 1. The topological polar surface area (TPSA) is 107 Å². The van der Waals surface area contributed by atoms with E-state index in [2.05, 4.69) is 0 Å². The van der Waals surface area contributed by atoms with Crippen LogP contribution in [0.1, 0.15) is 50.1 Å². The molecule has 0 aliphatic carbocycles. The Morgan fingerprint density at radius 1 is 1.08 bits per heavy atom. The number of carbonyl (C=O) groups excluding carboxylic acids is 3. The molecule has 10 heteroatoms. The zero-order valence-corrected chi connectivity index (χ0v) is 22.1. The number of ketones is 1. The minimum Gasteiger partial charge on any atom is -0.462 e. The number of rotatable bonds is 10. The van der Waals surface area contributed by atoms with Crippen molar-refractivity contribution in [3.63, 3.8) is 0 Å². The number of halogens is 1. The van der Waals surface area contributed by atoms with E-state index in [1.54, 1.807) is 45.0 Å². The molecule has 0 aliphatic heterocycles. The Morgan fingerprint density at radius 2 is 1.75 bits per heavy atom. The summed E-state index contributed by atoms with van der Waals surface area (Å²) in [5, 5.41) is 10.8. The number of ether oxygens (including phenoxy) is 2. The molecule has 0 atom stereocenters. The van der Waals surface area contributed by atoms with Gasteiger partial charge in [-0.1, -0.05) is 23.4 Å². The van der Waals surface area contributed by atoms with E-state index < -0.39 is 17.7 Å². The van der Waals surface area contributed by atoms with Gasteiger partial charge in [0.05, 0.1) is 24.4 Å². The van der Waals surface area contributed by atoms with Gasteiger partial charge in [-0.2, -0.15) is 5.26 Å². The second-order valence-corrected chi connectivity index (χ2v) is 9.90. The maximum atomic E-state index is 13.0. The van der Waals surface area contributed by atoms with Crippen LogP contribution in [0.5, 0.6) is 0 Å². The van der Waals surface area contributed by atoms with Crippen LogP contribution < -0.4 is 0 Å². The van der Waals surface area contributed by atoms with Gasteiger partial charge < -0.3 is 13.9 Å². The summed E-state index contributed by atoms with van der Waals surface area (Å²) < 4.78 is 15.9. The predicted molar refractivity (Wildman–Crippen MR) is 138 cm³/mol. The summed E-state index contributed by atoms with van der Waals surface area (Å²) in [5.74, 6) is -1.41. The zero-order valence-electron chi connectivity index (χ0n) is 19.8. The first-order valence-electron chi connectivity index (χ1n) is 10.9. The van der Waals surface area contributed by atoms with E-state index in [4.69, 9.17) is 25.5 Å². The molecule has 0 saturated heterocycles. The fraction of sp³-hybridized carbons (Fsp3) is 0.231. The van der Waals surface area contributed by atoms with E-state index in [1.807, 2.05) is 18.2 Å². The van der Waals surface area contributed by atoms with Crippen molar-refractivity contribution in [3.8, 4) is 6.07 Å². The van der Waals surface area contributed by atoms with Gasteiger partial charge in [0.15, 0.2) is 10.9 Å². The molecule has 0 unspecified atom stereocenters. The molecule has 7 nitrogen and oxygen atoms in total. The Kier molecular flexibility index (Phi) is 9.53. The van der Waals surface area contributed by atoms with Crippen LogP contribution in [0.4, 0.5) is 0 Å². The Labute approximate surface area is 221 Å². The molecule has 2 aromatic heterocycles. The summed E-state index contributed by atoms with van der Waals surface area (Å²) in [4.78, 5) is 39.4. The lowest BCUT2D eigenvalue weighted by Crippen LogP contribution is -2.12. The number of nitrogens with zero attached hydrogens (tertiary/aromatic N) is 1. The minimum absolute atomic E-state index is 0.133. The van der Waals surface area contributed by atoms with Crippen molar-refractivity contribution in [3.05, 3.63) is 73.6 Å². The molecule has 0 N–H and O–H groups in total.